The van der Waals surface area contributed by atoms with Crippen molar-refractivity contribution in [3.8, 4) is 0 Å². The number of aliphatic hydroxyl groups excluding tert-OH is 1. The minimum atomic E-state index is -1.12. The number of rotatable bonds is 34. The second kappa shape index (κ2) is 34.4. The van der Waals surface area contributed by atoms with Crippen molar-refractivity contribution in [1.82, 2.24) is 0 Å². The van der Waals surface area contributed by atoms with Crippen molar-refractivity contribution < 1.29 is 43.2 Å². The zero-order valence-electron chi connectivity index (χ0n) is 33.0. The molecule has 4 unspecified atom stereocenters. The third kappa shape index (κ3) is 30.6. The average Bonchev–Trinajstić information content (AvgIpc) is 3.10. The van der Waals surface area contributed by atoms with E-state index in [1.807, 2.05) is 12.2 Å². The summed E-state index contributed by atoms with van der Waals surface area (Å²) >= 11 is 0. The molecule has 0 amide bonds. The van der Waals surface area contributed by atoms with Crippen LogP contribution in [0.3, 0.4) is 0 Å². The number of aliphatic hydroxyl groups is 1. The highest BCUT2D eigenvalue weighted by Crippen LogP contribution is 2.16. The van der Waals surface area contributed by atoms with Crippen LogP contribution >= 0.6 is 0 Å². The van der Waals surface area contributed by atoms with Crippen molar-refractivity contribution in [2.75, 3.05) is 7.11 Å². The summed E-state index contributed by atoms with van der Waals surface area (Å²) < 4.78 is 21.3. The lowest BCUT2D eigenvalue weighted by Crippen LogP contribution is -2.29. The summed E-state index contributed by atoms with van der Waals surface area (Å²) in [5, 5.41) is 9.51. The second-order valence-corrected chi connectivity index (χ2v) is 13.9. The first-order valence-electron chi connectivity index (χ1n) is 20.3. The maximum Gasteiger partial charge on any atom is 0.347 e. The fourth-order valence-electron chi connectivity index (χ4n) is 5.63. The van der Waals surface area contributed by atoms with Crippen LogP contribution < -0.4 is 0 Å². The number of ether oxygens (including phenoxy) is 4. The van der Waals surface area contributed by atoms with Crippen LogP contribution in [0.15, 0.2) is 24.3 Å². The molecule has 0 heterocycles. The van der Waals surface area contributed by atoms with Crippen LogP contribution in [0, 0.1) is 0 Å². The molecule has 0 rings (SSSR count). The van der Waals surface area contributed by atoms with Gasteiger partial charge >= 0.3 is 23.9 Å². The molecule has 0 saturated carbocycles. The molecule has 0 bridgehead atoms. The minimum Gasteiger partial charge on any atom is -0.469 e. The van der Waals surface area contributed by atoms with Gasteiger partial charge in [0, 0.05) is 12.8 Å². The van der Waals surface area contributed by atoms with E-state index in [1.165, 1.54) is 33.3 Å². The molecule has 0 saturated heterocycles. The van der Waals surface area contributed by atoms with Gasteiger partial charge < -0.3 is 24.1 Å². The number of hydrogen-bond donors (Lipinski definition) is 1. The molecule has 0 spiro atoms. The zero-order chi connectivity index (χ0) is 38.0. The number of unbranched alkanes of at least 4 members (excludes halogenated alkanes) is 17. The molecule has 0 aliphatic heterocycles. The molecular weight excluding hydrogens is 648 g/mol. The highest BCUT2D eigenvalue weighted by atomic mass is 16.6. The molecule has 0 aromatic rings. The molecule has 0 aliphatic rings. The predicted octanol–water partition coefficient (Wildman–Crippen LogP) is 10.2. The van der Waals surface area contributed by atoms with Crippen molar-refractivity contribution in [2.24, 2.45) is 0 Å². The third-order valence-corrected chi connectivity index (χ3v) is 8.88. The fraction of sp³-hybridized carbons (Fsp3) is 0.810. The smallest absolute Gasteiger partial charge is 0.347 e. The van der Waals surface area contributed by atoms with E-state index in [2.05, 4.69) is 30.7 Å². The van der Waals surface area contributed by atoms with Crippen molar-refractivity contribution in [3.63, 3.8) is 0 Å². The lowest BCUT2D eigenvalue weighted by Gasteiger charge is -2.18. The Hall–Kier alpha value is -2.68. The topological polar surface area (TPSA) is 125 Å². The van der Waals surface area contributed by atoms with Crippen LogP contribution in [0.4, 0.5) is 0 Å². The summed E-state index contributed by atoms with van der Waals surface area (Å²) in [5.74, 6) is -1.62. The van der Waals surface area contributed by atoms with Crippen LogP contribution in [0.1, 0.15) is 188 Å². The first kappa shape index (κ1) is 48.3. The van der Waals surface area contributed by atoms with Gasteiger partial charge in [0.2, 0.25) is 0 Å². The van der Waals surface area contributed by atoms with Crippen LogP contribution in [0.25, 0.3) is 0 Å². The van der Waals surface area contributed by atoms with E-state index in [1.54, 1.807) is 6.92 Å². The van der Waals surface area contributed by atoms with Crippen molar-refractivity contribution in [3.05, 3.63) is 24.3 Å². The summed E-state index contributed by atoms with van der Waals surface area (Å²) in [4.78, 5) is 48.3. The van der Waals surface area contributed by atoms with E-state index in [-0.39, 0.29) is 30.6 Å². The second-order valence-electron chi connectivity index (χ2n) is 13.9. The van der Waals surface area contributed by atoms with Gasteiger partial charge in [0.15, 0.2) is 6.10 Å². The number of methoxy groups -OCH3 is 1. The molecular formula is C42H74O9. The van der Waals surface area contributed by atoms with Gasteiger partial charge in [-0.25, -0.2) is 9.59 Å². The largest absolute Gasteiger partial charge is 0.469 e. The summed E-state index contributed by atoms with van der Waals surface area (Å²) in [6, 6.07) is 0. The van der Waals surface area contributed by atoms with E-state index in [0.29, 0.717) is 12.8 Å². The molecule has 4 atom stereocenters. The third-order valence-electron chi connectivity index (χ3n) is 8.88. The Morgan fingerprint density at radius 3 is 1.43 bits per heavy atom. The Kier molecular flexibility index (Phi) is 32.6. The molecule has 296 valence electrons. The van der Waals surface area contributed by atoms with Crippen LogP contribution in [0.5, 0.6) is 0 Å². The Balaban J connectivity index is 4.39. The lowest BCUT2D eigenvalue weighted by molar-refractivity contribution is -0.169. The molecule has 0 radical (unpaired) electrons. The minimum absolute atomic E-state index is 0.152. The van der Waals surface area contributed by atoms with Crippen LogP contribution in [-0.4, -0.2) is 60.5 Å². The van der Waals surface area contributed by atoms with Crippen LogP contribution in [-0.2, 0) is 38.1 Å². The molecule has 0 aliphatic carbocycles. The quantitative estimate of drug-likeness (QED) is 0.0299. The van der Waals surface area contributed by atoms with Crippen LogP contribution in [0.2, 0.25) is 0 Å². The lowest BCUT2D eigenvalue weighted by atomic mass is 10.1. The van der Waals surface area contributed by atoms with Gasteiger partial charge in [0.05, 0.1) is 7.11 Å². The number of hydrogen-bond acceptors (Lipinski definition) is 9. The predicted molar refractivity (Wildman–Crippen MR) is 204 cm³/mol. The van der Waals surface area contributed by atoms with E-state index in [9.17, 15) is 24.3 Å². The zero-order valence-corrected chi connectivity index (χ0v) is 33.0. The number of carbonyl (C=O) groups excluding carboxylic acids is 4. The molecule has 9 nitrogen and oxygen atoms in total. The van der Waals surface area contributed by atoms with E-state index >= 15 is 0 Å². The van der Waals surface area contributed by atoms with Gasteiger partial charge in [-0.3, -0.25) is 9.59 Å². The standard InChI is InChI=1S/C42H74O9/c1-6-8-10-18-24-30-37(50-41(46)35(3)43)31-25-19-15-13-17-22-28-34-40(45)49-36(4)42(47)51-38(29-23-11-9-7-2)32-26-20-14-12-16-21-27-33-39(44)48-5/h25-26,31-32,35-38,43H,6-24,27-30,33-34H2,1-5H3/b31-25-,32-26-. The van der Waals surface area contributed by atoms with Gasteiger partial charge in [0.25, 0.3) is 0 Å². The fourth-order valence-corrected chi connectivity index (χ4v) is 5.63. The summed E-state index contributed by atoms with van der Waals surface area (Å²) in [6.07, 6.45) is 29.2. The highest BCUT2D eigenvalue weighted by Gasteiger charge is 2.22. The maximum absolute atomic E-state index is 12.8. The first-order chi connectivity index (χ1) is 24.6. The van der Waals surface area contributed by atoms with Crippen molar-refractivity contribution in [2.45, 2.75) is 213 Å². The number of carbonyl (C=O) groups is 4. The average molecular weight is 723 g/mol. The molecule has 9 heteroatoms. The molecule has 0 aromatic heterocycles. The van der Waals surface area contributed by atoms with E-state index in [0.717, 1.165) is 122 Å². The van der Waals surface area contributed by atoms with Crippen molar-refractivity contribution >= 4 is 23.9 Å². The normalized spacial score (nSPS) is 13.9. The Labute approximate surface area is 310 Å². The summed E-state index contributed by atoms with van der Waals surface area (Å²) in [7, 11) is 1.42. The van der Waals surface area contributed by atoms with Gasteiger partial charge in [-0.15, -0.1) is 0 Å². The Morgan fingerprint density at radius 2 is 0.941 bits per heavy atom. The molecule has 0 fully saturated rings. The number of esters is 4. The molecule has 1 N–H and O–H groups in total. The maximum atomic E-state index is 12.8. The summed E-state index contributed by atoms with van der Waals surface area (Å²) in [6.45, 7) is 7.35. The van der Waals surface area contributed by atoms with Gasteiger partial charge in [-0.1, -0.05) is 109 Å². The monoisotopic (exact) mass is 723 g/mol. The van der Waals surface area contributed by atoms with Gasteiger partial charge in [0.1, 0.15) is 18.3 Å². The van der Waals surface area contributed by atoms with Gasteiger partial charge in [-0.05, 0) is 90.2 Å². The van der Waals surface area contributed by atoms with E-state index in [4.69, 9.17) is 14.2 Å². The molecule has 51 heavy (non-hydrogen) atoms. The Bertz CT molecular complexity index is 943. The summed E-state index contributed by atoms with van der Waals surface area (Å²) in [5.41, 5.74) is 0. The highest BCUT2D eigenvalue weighted by molar-refractivity contribution is 5.79. The number of allylic oxidation sites excluding steroid dienone is 2. The van der Waals surface area contributed by atoms with E-state index < -0.39 is 24.1 Å². The Morgan fingerprint density at radius 1 is 0.529 bits per heavy atom. The molecule has 0 aromatic carbocycles. The van der Waals surface area contributed by atoms with Crippen molar-refractivity contribution in [1.29, 1.82) is 0 Å². The van der Waals surface area contributed by atoms with Gasteiger partial charge in [-0.2, -0.15) is 0 Å². The SMILES string of the molecule is CCCCCCCC(/C=C\CCCCCCCC(=O)OC(C)C(=O)OC(/C=C\CCCCCCCC(=O)OC)CCCCCC)OC(=O)C(C)O. The first-order valence-corrected chi connectivity index (χ1v) is 20.3.